The summed E-state index contributed by atoms with van der Waals surface area (Å²) in [5.41, 5.74) is 2.08. The normalized spacial score (nSPS) is 14.8. The molecule has 0 unspecified atom stereocenters. The van der Waals surface area contributed by atoms with Gasteiger partial charge in [0.2, 0.25) is 5.91 Å². The highest BCUT2D eigenvalue weighted by Gasteiger charge is 2.19. The Balaban J connectivity index is 1.82. The first-order valence-corrected chi connectivity index (χ1v) is 9.68. The zero-order valence-electron chi connectivity index (χ0n) is 16.4. The van der Waals surface area contributed by atoms with Gasteiger partial charge >= 0.3 is 6.03 Å². The lowest BCUT2D eigenvalue weighted by molar-refractivity contribution is -0.118. The molecule has 0 saturated heterocycles. The summed E-state index contributed by atoms with van der Waals surface area (Å²) in [4.78, 5) is 26.0. The van der Waals surface area contributed by atoms with Gasteiger partial charge in [0.05, 0.1) is 13.2 Å². The van der Waals surface area contributed by atoms with Crippen molar-refractivity contribution in [2.45, 2.75) is 44.7 Å². The van der Waals surface area contributed by atoms with Gasteiger partial charge in [-0.2, -0.15) is 0 Å². The Hall–Kier alpha value is -2.12. The molecule has 3 N–H and O–H groups in total. The highest BCUT2D eigenvalue weighted by Crippen LogP contribution is 2.24. The first-order valence-electron chi connectivity index (χ1n) is 9.68. The van der Waals surface area contributed by atoms with E-state index in [2.05, 4.69) is 34.0 Å². The zero-order valence-corrected chi connectivity index (χ0v) is 16.4. The Morgan fingerprint density at radius 3 is 2.67 bits per heavy atom. The van der Waals surface area contributed by atoms with Crippen LogP contribution in [0.5, 0.6) is 0 Å². The molecule has 0 atom stereocenters. The van der Waals surface area contributed by atoms with E-state index in [9.17, 15) is 9.59 Å². The van der Waals surface area contributed by atoms with E-state index in [0.29, 0.717) is 19.2 Å². The summed E-state index contributed by atoms with van der Waals surface area (Å²) in [5.74, 6) is -0.375. The molecule has 1 aromatic carbocycles. The van der Waals surface area contributed by atoms with Gasteiger partial charge in [-0.1, -0.05) is 37.5 Å². The molecule has 7 nitrogen and oxygen atoms in total. The van der Waals surface area contributed by atoms with Crippen molar-refractivity contribution < 1.29 is 14.3 Å². The fourth-order valence-corrected chi connectivity index (χ4v) is 3.41. The summed E-state index contributed by atoms with van der Waals surface area (Å²) >= 11 is 0. The molecular weight excluding hydrogens is 344 g/mol. The van der Waals surface area contributed by atoms with Gasteiger partial charge in [-0.3, -0.25) is 15.0 Å². The van der Waals surface area contributed by atoms with E-state index in [1.54, 1.807) is 7.11 Å². The molecule has 27 heavy (non-hydrogen) atoms. The van der Waals surface area contributed by atoms with Crippen molar-refractivity contribution in [1.82, 2.24) is 15.5 Å². The number of nitrogens with one attached hydrogen (secondary N) is 3. The van der Waals surface area contributed by atoms with Gasteiger partial charge < -0.3 is 15.4 Å². The summed E-state index contributed by atoms with van der Waals surface area (Å²) in [6.45, 7) is 1.65. The maximum absolute atomic E-state index is 12.0. The van der Waals surface area contributed by atoms with Crippen molar-refractivity contribution in [3.8, 4) is 0 Å². The number of para-hydroxylation sites is 1. The summed E-state index contributed by atoms with van der Waals surface area (Å²) in [6, 6.07) is 8.13. The quantitative estimate of drug-likeness (QED) is 0.576. The highest BCUT2D eigenvalue weighted by atomic mass is 16.5. The average Bonchev–Trinajstić information content (AvgIpc) is 2.68. The predicted octanol–water partition coefficient (Wildman–Crippen LogP) is 2.34. The molecule has 150 valence electrons. The summed E-state index contributed by atoms with van der Waals surface area (Å²) < 4.78 is 4.85. The fourth-order valence-electron chi connectivity index (χ4n) is 3.41. The van der Waals surface area contributed by atoms with Crippen LogP contribution in [0.25, 0.3) is 0 Å². The van der Waals surface area contributed by atoms with Crippen LogP contribution in [-0.2, 0) is 16.1 Å². The molecule has 0 radical (unpaired) electrons. The number of carbonyl (C=O) groups excluding carboxylic acids is 2. The van der Waals surface area contributed by atoms with Crippen molar-refractivity contribution in [1.29, 1.82) is 0 Å². The molecule has 0 aromatic heterocycles. The number of methoxy groups -OCH3 is 1. The maximum Gasteiger partial charge on any atom is 0.321 e. The number of nitrogens with zero attached hydrogens (tertiary/aromatic N) is 1. The van der Waals surface area contributed by atoms with Gasteiger partial charge in [-0.05, 0) is 31.5 Å². The topological polar surface area (TPSA) is 82.7 Å². The summed E-state index contributed by atoms with van der Waals surface area (Å²) in [7, 11) is 3.72. The lowest BCUT2D eigenvalue weighted by atomic mass is 9.94. The largest absolute Gasteiger partial charge is 0.383 e. The molecule has 3 amide bonds. The van der Waals surface area contributed by atoms with Crippen molar-refractivity contribution in [3.63, 3.8) is 0 Å². The minimum Gasteiger partial charge on any atom is -0.383 e. The Morgan fingerprint density at radius 1 is 1.19 bits per heavy atom. The molecule has 0 bridgehead atoms. The Kier molecular flexibility index (Phi) is 9.07. The van der Waals surface area contributed by atoms with Crippen LogP contribution in [0.3, 0.4) is 0 Å². The van der Waals surface area contributed by atoms with E-state index >= 15 is 0 Å². The van der Waals surface area contributed by atoms with Crippen LogP contribution in [0, 0.1) is 0 Å². The van der Waals surface area contributed by atoms with E-state index < -0.39 is 6.03 Å². The molecular formula is C20H32N4O3. The van der Waals surface area contributed by atoms with Gasteiger partial charge in [-0.15, -0.1) is 0 Å². The third kappa shape index (κ3) is 7.56. The maximum atomic E-state index is 12.0. The first kappa shape index (κ1) is 21.2. The van der Waals surface area contributed by atoms with Crippen LogP contribution >= 0.6 is 0 Å². The Labute approximate surface area is 161 Å². The van der Waals surface area contributed by atoms with Crippen molar-refractivity contribution in [2.75, 3.05) is 39.2 Å². The van der Waals surface area contributed by atoms with Crippen LogP contribution in [-0.4, -0.2) is 56.7 Å². The smallest absolute Gasteiger partial charge is 0.321 e. The van der Waals surface area contributed by atoms with Gasteiger partial charge in [0.15, 0.2) is 0 Å². The monoisotopic (exact) mass is 376 g/mol. The number of anilines is 1. The average molecular weight is 377 g/mol. The third-order valence-corrected chi connectivity index (χ3v) is 4.92. The van der Waals surface area contributed by atoms with Crippen molar-refractivity contribution in [2.24, 2.45) is 0 Å². The number of carbonyl (C=O) groups is 2. The number of benzene rings is 1. The van der Waals surface area contributed by atoms with Crippen LogP contribution in [0.2, 0.25) is 0 Å². The number of hydrogen-bond acceptors (Lipinski definition) is 5. The van der Waals surface area contributed by atoms with Crippen LogP contribution in [0.15, 0.2) is 24.3 Å². The number of ether oxygens (including phenoxy) is 1. The molecule has 1 aromatic rings. The van der Waals surface area contributed by atoms with Crippen LogP contribution < -0.4 is 16.0 Å². The van der Waals surface area contributed by atoms with E-state index in [-0.39, 0.29) is 12.5 Å². The molecule has 0 heterocycles. The van der Waals surface area contributed by atoms with Crippen LogP contribution in [0.4, 0.5) is 10.5 Å². The Morgan fingerprint density at radius 2 is 1.93 bits per heavy atom. The third-order valence-electron chi connectivity index (χ3n) is 4.92. The molecule has 1 aliphatic carbocycles. The number of rotatable bonds is 9. The highest BCUT2D eigenvalue weighted by molar-refractivity contribution is 5.96. The van der Waals surface area contributed by atoms with Gasteiger partial charge in [-0.25, -0.2) is 4.79 Å². The van der Waals surface area contributed by atoms with Gasteiger partial charge in [0, 0.05) is 31.9 Å². The lowest BCUT2D eigenvalue weighted by Crippen LogP contribution is -2.43. The molecule has 0 aliphatic heterocycles. The second-order valence-electron chi connectivity index (χ2n) is 7.01. The van der Waals surface area contributed by atoms with E-state index in [1.807, 2.05) is 18.2 Å². The zero-order chi connectivity index (χ0) is 19.5. The molecule has 0 spiro atoms. The SMILES string of the molecule is COCCNC(=O)NC(=O)CNc1ccccc1CN(C)C1CCCCC1. The van der Waals surface area contributed by atoms with Crippen molar-refractivity contribution in [3.05, 3.63) is 29.8 Å². The van der Waals surface area contributed by atoms with Crippen LogP contribution in [0.1, 0.15) is 37.7 Å². The first-order chi connectivity index (χ1) is 13.1. The van der Waals surface area contributed by atoms with Gasteiger partial charge in [0.25, 0.3) is 0 Å². The number of amides is 3. The number of imide groups is 1. The second kappa shape index (κ2) is 11.6. The van der Waals surface area contributed by atoms with E-state index in [0.717, 1.165) is 17.8 Å². The molecule has 1 fully saturated rings. The van der Waals surface area contributed by atoms with E-state index in [4.69, 9.17) is 4.74 Å². The molecule has 1 saturated carbocycles. The summed E-state index contributed by atoms with van der Waals surface area (Å²) in [5, 5.41) is 8.01. The lowest BCUT2D eigenvalue weighted by Gasteiger charge is -2.31. The predicted molar refractivity (Wildman–Crippen MR) is 107 cm³/mol. The second-order valence-corrected chi connectivity index (χ2v) is 7.01. The Bertz CT molecular complexity index is 603. The fraction of sp³-hybridized carbons (Fsp3) is 0.600. The number of urea groups is 1. The van der Waals surface area contributed by atoms with E-state index in [1.165, 1.54) is 32.1 Å². The summed E-state index contributed by atoms with van der Waals surface area (Å²) in [6.07, 6.45) is 6.47. The van der Waals surface area contributed by atoms with Crippen molar-refractivity contribution >= 4 is 17.6 Å². The molecule has 2 rings (SSSR count). The standard InChI is InChI=1S/C20H32N4O3/c1-24(17-9-4-3-5-10-17)15-16-8-6-7-11-18(16)22-14-19(25)23-20(26)21-12-13-27-2/h6-8,11,17,22H,3-5,9-10,12-15H2,1-2H3,(H2,21,23,25,26). The molecule has 1 aliphatic rings. The molecule has 7 heteroatoms. The number of hydrogen-bond donors (Lipinski definition) is 3. The minimum atomic E-state index is -0.510. The van der Waals surface area contributed by atoms with Gasteiger partial charge in [0.1, 0.15) is 0 Å². The minimum absolute atomic E-state index is 0.0435.